The maximum absolute atomic E-state index is 12.6. The molecule has 6 nitrogen and oxygen atoms in total. The third kappa shape index (κ3) is 3.61. The van der Waals surface area contributed by atoms with Gasteiger partial charge < -0.3 is 11.1 Å². The van der Waals surface area contributed by atoms with Crippen LogP contribution in [0.1, 0.15) is 25.3 Å². The summed E-state index contributed by atoms with van der Waals surface area (Å²) < 4.78 is 26.7. The largest absolute Gasteiger partial charge is 0.352 e. The number of hydrogen-bond acceptors (Lipinski definition) is 4. The second-order valence-corrected chi connectivity index (χ2v) is 7.09. The van der Waals surface area contributed by atoms with Crippen molar-refractivity contribution in [3.05, 3.63) is 29.8 Å². The second-order valence-electron chi connectivity index (χ2n) is 5.20. The molecule has 1 atom stereocenters. The Morgan fingerprint density at radius 3 is 2.62 bits per heavy atom. The minimum absolute atomic E-state index is 0.103. The lowest BCUT2D eigenvalue weighted by molar-refractivity contribution is -0.119. The highest BCUT2D eigenvalue weighted by Crippen LogP contribution is 2.25. The molecule has 1 saturated heterocycles. The number of benzene rings is 1. The molecule has 1 aromatic carbocycles. The van der Waals surface area contributed by atoms with E-state index in [1.54, 1.807) is 24.3 Å². The van der Waals surface area contributed by atoms with Crippen LogP contribution in [-0.2, 0) is 21.4 Å². The Bertz CT molecular complexity index is 598. The molecule has 3 N–H and O–H groups in total. The monoisotopic (exact) mass is 311 g/mol. The van der Waals surface area contributed by atoms with Gasteiger partial charge in [-0.15, -0.1) is 0 Å². The van der Waals surface area contributed by atoms with E-state index < -0.39 is 10.0 Å². The number of nitrogens with one attached hydrogen (secondary N) is 1. The van der Waals surface area contributed by atoms with Gasteiger partial charge in [-0.2, -0.15) is 4.31 Å². The van der Waals surface area contributed by atoms with Crippen molar-refractivity contribution in [2.45, 2.75) is 37.2 Å². The summed E-state index contributed by atoms with van der Waals surface area (Å²) in [5.74, 6) is -0.116. The van der Waals surface area contributed by atoms with E-state index in [4.69, 9.17) is 5.73 Å². The average Bonchev–Trinajstić information content (AvgIpc) is 2.94. The highest BCUT2D eigenvalue weighted by molar-refractivity contribution is 7.89. The lowest BCUT2D eigenvalue weighted by atomic mass is 10.2. The van der Waals surface area contributed by atoms with Gasteiger partial charge in [0.15, 0.2) is 0 Å². The Morgan fingerprint density at radius 2 is 2.05 bits per heavy atom. The smallest absolute Gasteiger partial charge is 0.243 e. The van der Waals surface area contributed by atoms with E-state index in [1.165, 1.54) is 11.2 Å². The number of carbonyl (C=O) groups is 1. The van der Waals surface area contributed by atoms with Crippen molar-refractivity contribution in [1.29, 1.82) is 0 Å². The van der Waals surface area contributed by atoms with E-state index in [0.717, 1.165) is 18.4 Å². The molecule has 1 unspecified atom stereocenters. The van der Waals surface area contributed by atoms with Crippen LogP contribution < -0.4 is 11.1 Å². The lowest BCUT2D eigenvalue weighted by Crippen LogP contribution is -2.39. The van der Waals surface area contributed by atoms with E-state index in [2.05, 4.69) is 5.32 Å². The van der Waals surface area contributed by atoms with Gasteiger partial charge in [0.25, 0.3) is 0 Å². The summed E-state index contributed by atoms with van der Waals surface area (Å²) >= 11 is 0. The molecule has 0 bridgehead atoms. The number of nitrogens with zero attached hydrogens (tertiary/aromatic N) is 1. The molecule has 0 spiro atoms. The normalized spacial score (nSPS) is 19.6. The van der Waals surface area contributed by atoms with Gasteiger partial charge in [-0.1, -0.05) is 12.1 Å². The van der Waals surface area contributed by atoms with Gasteiger partial charge in [-0.25, -0.2) is 8.42 Å². The highest BCUT2D eigenvalue weighted by atomic mass is 32.2. The van der Waals surface area contributed by atoms with Gasteiger partial charge >= 0.3 is 0 Å². The molecule has 0 radical (unpaired) electrons. The van der Waals surface area contributed by atoms with Gasteiger partial charge in [0.1, 0.15) is 0 Å². The molecule has 1 heterocycles. The molecule has 1 amide bonds. The van der Waals surface area contributed by atoms with Gasteiger partial charge in [0, 0.05) is 32.6 Å². The van der Waals surface area contributed by atoms with Gasteiger partial charge in [0.05, 0.1) is 4.90 Å². The summed E-state index contributed by atoms with van der Waals surface area (Å²) in [5.41, 5.74) is 6.51. The summed E-state index contributed by atoms with van der Waals surface area (Å²) in [7, 11) is -3.48. The molecular weight excluding hydrogens is 290 g/mol. The molecule has 1 aliphatic heterocycles. The number of hydrogen-bond donors (Lipinski definition) is 2. The fourth-order valence-corrected chi connectivity index (χ4v) is 4.21. The first-order chi connectivity index (χ1) is 9.95. The maximum atomic E-state index is 12.6. The zero-order valence-electron chi connectivity index (χ0n) is 12.1. The summed E-state index contributed by atoms with van der Waals surface area (Å²) in [6, 6.07) is 6.50. The molecule has 2 rings (SSSR count). The van der Waals surface area contributed by atoms with Crippen LogP contribution in [0.25, 0.3) is 0 Å². The van der Waals surface area contributed by atoms with E-state index in [-0.39, 0.29) is 16.8 Å². The Morgan fingerprint density at radius 1 is 1.38 bits per heavy atom. The summed E-state index contributed by atoms with van der Waals surface area (Å²) in [6.45, 7) is 2.71. The van der Waals surface area contributed by atoms with Crippen molar-refractivity contribution < 1.29 is 13.2 Å². The Balaban J connectivity index is 2.15. The fourth-order valence-electron chi connectivity index (χ4n) is 2.50. The first-order valence-electron chi connectivity index (χ1n) is 7.00. The molecule has 21 heavy (non-hydrogen) atoms. The number of nitrogens with two attached hydrogens (primary N) is 1. The zero-order chi connectivity index (χ0) is 15.5. The summed E-state index contributed by atoms with van der Waals surface area (Å²) in [5, 5.41) is 2.68. The van der Waals surface area contributed by atoms with E-state index >= 15 is 0 Å². The van der Waals surface area contributed by atoms with Crippen molar-refractivity contribution in [1.82, 2.24) is 9.62 Å². The Hall–Kier alpha value is -1.44. The van der Waals surface area contributed by atoms with Crippen LogP contribution in [0.5, 0.6) is 0 Å². The van der Waals surface area contributed by atoms with Crippen molar-refractivity contribution in [2.24, 2.45) is 5.73 Å². The number of amides is 1. The number of rotatable bonds is 5. The highest BCUT2D eigenvalue weighted by Gasteiger charge is 2.34. The maximum Gasteiger partial charge on any atom is 0.243 e. The van der Waals surface area contributed by atoms with Crippen LogP contribution in [0.2, 0.25) is 0 Å². The van der Waals surface area contributed by atoms with Gasteiger partial charge in [-0.05, 0) is 30.5 Å². The quantitative estimate of drug-likeness (QED) is 0.825. The van der Waals surface area contributed by atoms with Crippen LogP contribution in [0.3, 0.4) is 0 Å². The van der Waals surface area contributed by atoms with Crippen LogP contribution in [0.15, 0.2) is 29.2 Å². The molecule has 0 aromatic heterocycles. The second kappa shape index (κ2) is 6.55. The van der Waals surface area contributed by atoms with Crippen LogP contribution in [0.4, 0.5) is 0 Å². The predicted octanol–water partition coefficient (Wildman–Crippen LogP) is 0.435. The molecule has 0 aliphatic carbocycles. The van der Waals surface area contributed by atoms with E-state index in [0.29, 0.717) is 19.6 Å². The SMILES string of the molecule is CC(=O)NCc1ccc(S(=O)(=O)N2CCCC2CN)cc1. The van der Waals surface area contributed by atoms with Crippen molar-refractivity contribution in [3.8, 4) is 0 Å². The topological polar surface area (TPSA) is 92.5 Å². The first kappa shape index (κ1) is 15.9. The summed E-state index contributed by atoms with van der Waals surface area (Å²) in [6.07, 6.45) is 1.66. The standard InChI is InChI=1S/C14H21N3O3S/c1-11(18)16-10-12-4-6-14(7-5-12)21(19,20)17-8-2-3-13(17)9-15/h4-7,13H,2-3,8-10,15H2,1H3,(H,16,18). The van der Waals surface area contributed by atoms with E-state index in [1.807, 2.05) is 0 Å². The Kier molecular flexibility index (Phi) is 4.97. The van der Waals surface area contributed by atoms with Crippen LogP contribution in [-0.4, -0.2) is 37.8 Å². The van der Waals surface area contributed by atoms with Crippen molar-refractivity contribution in [2.75, 3.05) is 13.1 Å². The molecule has 7 heteroatoms. The predicted molar refractivity (Wildman–Crippen MR) is 79.9 cm³/mol. The average molecular weight is 311 g/mol. The van der Waals surface area contributed by atoms with Crippen LogP contribution >= 0.6 is 0 Å². The molecule has 1 aromatic rings. The molecule has 1 aliphatic rings. The Labute approximate surface area is 125 Å². The molecular formula is C14H21N3O3S. The molecule has 116 valence electrons. The molecule has 0 saturated carbocycles. The van der Waals surface area contributed by atoms with Gasteiger partial charge in [0.2, 0.25) is 15.9 Å². The lowest BCUT2D eigenvalue weighted by Gasteiger charge is -2.22. The minimum Gasteiger partial charge on any atom is -0.352 e. The fraction of sp³-hybridized carbons (Fsp3) is 0.500. The number of sulfonamides is 1. The minimum atomic E-state index is -3.48. The third-order valence-electron chi connectivity index (χ3n) is 3.67. The van der Waals surface area contributed by atoms with Crippen LogP contribution in [0, 0.1) is 0 Å². The third-order valence-corrected chi connectivity index (χ3v) is 5.63. The molecule has 1 fully saturated rings. The van der Waals surface area contributed by atoms with E-state index in [9.17, 15) is 13.2 Å². The van der Waals surface area contributed by atoms with Crippen molar-refractivity contribution >= 4 is 15.9 Å². The number of carbonyl (C=O) groups excluding carboxylic acids is 1. The van der Waals surface area contributed by atoms with Crippen molar-refractivity contribution in [3.63, 3.8) is 0 Å². The van der Waals surface area contributed by atoms with Gasteiger partial charge in [-0.3, -0.25) is 4.79 Å². The first-order valence-corrected chi connectivity index (χ1v) is 8.44. The zero-order valence-corrected chi connectivity index (χ0v) is 12.9. The summed E-state index contributed by atoms with van der Waals surface area (Å²) in [4.78, 5) is 11.1.